The van der Waals surface area contributed by atoms with Crippen molar-refractivity contribution in [1.82, 2.24) is 9.88 Å². The second-order valence-electron chi connectivity index (χ2n) is 7.19. The second kappa shape index (κ2) is 6.83. The van der Waals surface area contributed by atoms with Gasteiger partial charge in [0.25, 0.3) is 5.91 Å². The standard InChI is InChI=1S/C21H21F3N2O/c1-14-12-13-26(19(27)18(14)15-8-5-4-6-9-15)20(2,3)16-10-7-11-17(25-16)21(22,23)24/h4-11H,12-13H2,1-3H3. The molecule has 3 nitrogen and oxygen atoms in total. The average molecular weight is 374 g/mol. The topological polar surface area (TPSA) is 33.2 Å². The molecule has 2 heterocycles. The number of halogens is 3. The predicted octanol–water partition coefficient (Wildman–Crippen LogP) is 5.04. The summed E-state index contributed by atoms with van der Waals surface area (Å²) in [5.74, 6) is -0.186. The summed E-state index contributed by atoms with van der Waals surface area (Å²) in [6.45, 7) is 5.83. The van der Waals surface area contributed by atoms with E-state index in [1.807, 2.05) is 37.3 Å². The van der Waals surface area contributed by atoms with E-state index in [0.29, 0.717) is 18.5 Å². The number of benzene rings is 1. The summed E-state index contributed by atoms with van der Waals surface area (Å²) >= 11 is 0. The van der Waals surface area contributed by atoms with Gasteiger partial charge in [-0.3, -0.25) is 4.79 Å². The number of hydrogen-bond donors (Lipinski definition) is 0. The van der Waals surface area contributed by atoms with Gasteiger partial charge in [0, 0.05) is 12.1 Å². The van der Waals surface area contributed by atoms with Gasteiger partial charge in [0.05, 0.1) is 11.2 Å². The maximum atomic E-state index is 13.3. The van der Waals surface area contributed by atoms with Crippen molar-refractivity contribution in [3.05, 3.63) is 71.1 Å². The van der Waals surface area contributed by atoms with Crippen LogP contribution in [0.25, 0.3) is 5.57 Å². The minimum atomic E-state index is -4.52. The van der Waals surface area contributed by atoms with E-state index in [0.717, 1.165) is 17.2 Å². The zero-order chi connectivity index (χ0) is 19.8. The lowest BCUT2D eigenvalue weighted by atomic mass is 9.88. The van der Waals surface area contributed by atoms with Crippen LogP contribution in [0.3, 0.4) is 0 Å². The molecule has 0 saturated heterocycles. The highest BCUT2D eigenvalue weighted by Gasteiger charge is 2.40. The van der Waals surface area contributed by atoms with E-state index in [2.05, 4.69) is 4.98 Å². The molecule has 27 heavy (non-hydrogen) atoms. The molecule has 0 atom stereocenters. The number of aromatic nitrogens is 1. The molecule has 0 fully saturated rings. The van der Waals surface area contributed by atoms with Gasteiger partial charge in [-0.15, -0.1) is 0 Å². The molecule has 0 aliphatic carbocycles. The minimum absolute atomic E-state index is 0.186. The van der Waals surface area contributed by atoms with Crippen LogP contribution in [0.5, 0.6) is 0 Å². The van der Waals surface area contributed by atoms with Gasteiger partial charge in [0.2, 0.25) is 0 Å². The SMILES string of the molecule is CC1=C(c2ccccc2)C(=O)N(C(C)(C)c2cccc(C(F)(F)F)n2)CC1. The number of nitrogens with zero attached hydrogens (tertiary/aromatic N) is 2. The first-order chi connectivity index (χ1) is 12.6. The highest BCUT2D eigenvalue weighted by molar-refractivity contribution is 6.21. The van der Waals surface area contributed by atoms with Gasteiger partial charge in [0.1, 0.15) is 5.69 Å². The van der Waals surface area contributed by atoms with E-state index in [1.54, 1.807) is 18.7 Å². The molecule has 2 aromatic rings. The Morgan fingerprint density at radius 2 is 1.59 bits per heavy atom. The molecular formula is C21H21F3N2O. The molecule has 1 amide bonds. The Bertz CT molecular complexity index is 886. The van der Waals surface area contributed by atoms with Gasteiger partial charge >= 0.3 is 6.18 Å². The first-order valence-corrected chi connectivity index (χ1v) is 8.74. The van der Waals surface area contributed by atoms with Crippen LogP contribution >= 0.6 is 0 Å². The molecule has 6 heteroatoms. The molecule has 1 aliphatic rings. The molecule has 1 aliphatic heterocycles. The number of carbonyl (C=O) groups excluding carboxylic acids is 1. The zero-order valence-electron chi connectivity index (χ0n) is 15.5. The van der Waals surface area contributed by atoms with Gasteiger partial charge in [-0.1, -0.05) is 42.0 Å². The lowest BCUT2D eigenvalue weighted by Crippen LogP contribution is -2.49. The summed E-state index contributed by atoms with van der Waals surface area (Å²) < 4.78 is 39.2. The van der Waals surface area contributed by atoms with Crippen molar-refractivity contribution in [1.29, 1.82) is 0 Å². The fourth-order valence-electron chi connectivity index (χ4n) is 3.40. The molecule has 1 aromatic carbocycles. The van der Waals surface area contributed by atoms with Crippen molar-refractivity contribution < 1.29 is 18.0 Å². The summed E-state index contributed by atoms with van der Waals surface area (Å²) in [5.41, 5.74) is 0.707. The first kappa shape index (κ1) is 19.1. The molecule has 0 N–H and O–H groups in total. The van der Waals surface area contributed by atoms with Crippen LogP contribution in [0.15, 0.2) is 54.1 Å². The molecule has 0 unspecified atom stereocenters. The summed E-state index contributed by atoms with van der Waals surface area (Å²) in [5, 5.41) is 0. The van der Waals surface area contributed by atoms with Gasteiger partial charge in [-0.25, -0.2) is 4.98 Å². The fourth-order valence-corrected chi connectivity index (χ4v) is 3.40. The minimum Gasteiger partial charge on any atom is -0.328 e. The van der Waals surface area contributed by atoms with Gasteiger partial charge in [-0.05, 0) is 44.9 Å². The van der Waals surface area contributed by atoms with E-state index in [9.17, 15) is 18.0 Å². The zero-order valence-corrected chi connectivity index (χ0v) is 15.5. The molecule has 142 valence electrons. The summed E-state index contributed by atoms with van der Waals surface area (Å²) in [6, 6.07) is 13.2. The number of carbonyl (C=O) groups is 1. The Hall–Kier alpha value is -2.63. The first-order valence-electron chi connectivity index (χ1n) is 8.74. The van der Waals surface area contributed by atoms with Crippen LogP contribution in [0, 0.1) is 0 Å². The van der Waals surface area contributed by atoms with Crippen molar-refractivity contribution >= 4 is 11.5 Å². The van der Waals surface area contributed by atoms with E-state index in [-0.39, 0.29) is 11.6 Å². The Labute approximate surface area is 156 Å². The Kier molecular flexibility index (Phi) is 4.84. The maximum absolute atomic E-state index is 13.3. The number of amides is 1. The van der Waals surface area contributed by atoms with E-state index in [4.69, 9.17) is 0 Å². The smallest absolute Gasteiger partial charge is 0.328 e. The molecule has 3 rings (SSSR count). The molecule has 1 aromatic heterocycles. The summed E-state index contributed by atoms with van der Waals surface area (Å²) in [4.78, 5) is 18.7. The Balaban J connectivity index is 2.00. The molecular weight excluding hydrogens is 353 g/mol. The third kappa shape index (κ3) is 3.61. The summed E-state index contributed by atoms with van der Waals surface area (Å²) in [7, 11) is 0. The van der Waals surface area contributed by atoms with E-state index in [1.165, 1.54) is 12.1 Å². The number of alkyl halides is 3. The maximum Gasteiger partial charge on any atom is 0.433 e. The number of rotatable bonds is 3. The second-order valence-corrected chi connectivity index (χ2v) is 7.19. The molecule has 0 bridgehead atoms. The van der Waals surface area contributed by atoms with Crippen molar-refractivity contribution in [2.45, 2.75) is 38.9 Å². The quantitative estimate of drug-likeness (QED) is 0.754. The van der Waals surface area contributed by atoms with Crippen molar-refractivity contribution in [2.75, 3.05) is 6.54 Å². The molecule has 0 spiro atoms. The van der Waals surface area contributed by atoms with Crippen molar-refractivity contribution in [3.8, 4) is 0 Å². The molecule has 0 saturated carbocycles. The fraction of sp³-hybridized carbons (Fsp3) is 0.333. The number of hydrogen-bond acceptors (Lipinski definition) is 2. The van der Waals surface area contributed by atoms with Crippen LogP contribution in [0.2, 0.25) is 0 Å². The monoisotopic (exact) mass is 374 g/mol. The third-order valence-electron chi connectivity index (χ3n) is 5.00. The number of pyridine rings is 1. The van der Waals surface area contributed by atoms with E-state index >= 15 is 0 Å². The average Bonchev–Trinajstić information content (AvgIpc) is 2.62. The molecule has 0 radical (unpaired) electrons. The highest BCUT2D eigenvalue weighted by Crippen LogP contribution is 2.37. The Morgan fingerprint density at radius 1 is 0.963 bits per heavy atom. The van der Waals surface area contributed by atoms with Crippen LogP contribution in [0.4, 0.5) is 13.2 Å². The third-order valence-corrected chi connectivity index (χ3v) is 5.00. The largest absolute Gasteiger partial charge is 0.433 e. The highest BCUT2D eigenvalue weighted by atomic mass is 19.4. The van der Waals surface area contributed by atoms with Crippen LogP contribution in [-0.4, -0.2) is 22.3 Å². The van der Waals surface area contributed by atoms with E-state index < -0.39 is 17.4 Å². The lowest BCUT2D eigenvalue weighted by Gasteiger charge is -2.41. The lowest BCUT2D eigenvalue weighted by molar-refractivity contribution is -0.141. The Morgan fingerprint density at radius 3 is 2.22 bits per heavy atom. The van der Waals surface area contributed by atoms with Gasteiger partial charge < -0.3 is 4.90 Å². The predicted molar refractivity (Wildman–Crippen MR) is 97.6 cm³/mol. The van der Waals surface area contributed by atoms with Crippen molar-refractivity contribution in [2.24, 2.45) is 0 Å². The van der Waals surface area contributed by atoms with Crippen LogP contribution in [-0.2, 0) is 16.5 Å². The van der Waals surface area contributed by atoms with Gasteiger partial charge in [-0.2, -0.15) is 13.2 Å². The van der Waals surface area contributed by atoms with Crippen LogP contribution in [0.1, 0.15) is 44.1 Å². The van der Waals surface area contributed by atoms with Gasteiger partial charge in [0.15, 0.2) is 0 Å². The van der Waals surface area contributed by atoms with Crippen LogP contribution < -0.4 is 0 Å². The van der Waals surface area contributed by atoms with Crippen molar-refractivity contribution in [3.63, 3.8) is 0 Å². The normalized spacial score (nSPS) is 16.1. The summed E-state index contributed by atoms with van der Waals surface area (Å²) in [6.07, 6.45) is -3.86.